The number of halogens is 2. The number of aromatic nitrogens is 2. The Kier molecular flexibility index (Phi) is 3.60. The predicted octanol–water partition coefficient (Wildman–Crippen LogP) is 3.99. The maximum atomic E-state index is 11.7. The van der Waals surface area contributed by atoms with E-state index in [1.165, 1.54) is 10.7 Å². The fourth-order valence-corrected chi connectivity index (χ4v) is 2.09. The molecule has 2 heterocycles. The maximum Gasteiger partial charge on any atom is 0.412 e. The topological polar surface area (TPSA) is 55.6 Å². The summed E-state index contributed by atoms with van der Waals surface area (Å²) in [4.78, 5) is 11.7. The van der Waals surface area contributed by atoms with Gasteiger partial charge in [-0.2, -0.15) is 5.10 Å². The number of hydrogen-bond acceptors (Lipinski definition) is 3. The van der Waals surface area contributed by atoms with E-state index in [0.29, 0.717) is 21.2 Å². The molecule has 1 amide bonds. The third-order valence-electron chi connectivity index (χ3n) is 2.21. The molecule has 0 fully saturated rings. The van der Waals surface area contributed by atoms with Crippen molar-refractivity contribution in [3.8, 4) is 0 Å². The summed E-state index contributed by atoms with van der Waals surface area (Å²) in [5.74, 6) is 0. The third kappa shape index (κ3) is 3.11. The first-order chi connectivity index (χ1) is 8.78. The zero-order valence-corrected chi connectivity index (χ0v) is 12.2. The van der Waals surface area contributed by atoms with Crippen molar-refractivity contribution in [3.05, 3.63) is 28.5 Å². The lowest BCUT2D eigenvalue weighted by Crippen LogP contribution is -2.27. The highest BCUT2D eigenvalue weighted by Crippen LogP contribution is 2.31. The molecule has 0 atom stereocenters. The number of ether oxygens (including phenoxy) is 1. The molecular weight excluding hydrogens is 289 g/mol. The lowest BCUT2D eigenvalue weighted by atomic mass is 10.2. The summed E-state index contributed by atoms with van der Waals surface area (Å²) in [7, 11) is 0. The highest BCUT2D eigenvalue weighted by molar-refractivity contribution is 6.41. The van der Waals surface area contributed by atoms with Crippen molar-refractivity contribution in [2.45, 2.75) is 26.4 Å². The Hall–Kier alpha value is -1.46. The van der Waals surface area contributed by atoms with Crippen LogP contribution in [0.3, 0.4) is 0 Å². The normalized spacial score (nSPS) is 11.6. The van der Waals surface area contributed by atoms with Crippen LogP contribution in [0.1, 0.15) is 20.8 Å². The number of amides is 1. The van der Waals surface area contributed by atoms with Crippen molar-refractivity contribution in [3.63, 3.8) is 0 Å². The molecular formula is C12H13Cl2N3O2. The van der Waals surface area contributed by atoms with Crippen LogP contribution in [-0.4, -0.2) is 21.3 Å². The molecule has 2 aromatic heterocycles. The Morgan fingerprint density at radius 3 is 2.74 bits per heavy atom. The highest BCUT2D eigenvalue weighted by Gasteiger charge is 2.18. The molecule has 0 saturated heterocycles. The van der Waals surface area contributed by atoms with E-state index in [9.17, 15) is 4.79 Å². The van der Waals surface area contributed by atoms with E-state index in [4.69, 9.17) is 27.9 Å². The van der Waals surface area contributed by atoms with Crippen LogP contribution in [0.5, 0.6) is 0 Å². The summed E-state index contributed by atoms with van der Waals surface area (Å²) in [6.45, 7) is 5.35. The van der Waals surface area contributed by atoms with Gasteiger partial charge in [0.15, 0.2) is 0 Å². The van der Waals surface area contributed by atoms with Gasteiger partial charge in [0.1, 0.15) is 11.1 Å². The van der Waals surface area contributed by atoms with E-state index in [1.807, 2.05) is 0 Å². The van der Waals surface area contributed by atoms with Gasteiger partial charge in [-0.15, -0.1) is 0 Å². The van der Waals surface area contributed by atoms with Crippen LogP contribution in [0.2, 0.25) is 10.0 Å². The van der Waals surface area contributed by atoms with Crippen LogP contribution in [0.25, 0.3) is 5.52 Å². The summed E-state index contributed by atoms with van der Waals surface area (Å²) < 4.78 is 6.69. The predicted molar refractivity (Wildman–Crippen MR) is 75.1 cm³/mol. The quantitative estimate of drug-likeness (QED) is 0.866. The molecule has 19 heavy (non-hydrogen) atoms. The van der Waals surface area contributed by atoms with Crippen LogP contribution in [0.4, 0.5) is 10.5 Å². The summed E-state index contributed by atoms with van der Waals surface area (Å²) in [5, 5.41) is 7.33. The molecule has 0 aliphatic heterocycles. The van der Waals surface area contributed by atoms with E-state index < -0.39 is 11.7 Å². The molecule has 0 aromatic carbocycles. The van der Waals surface area contributed by atoms with E-state index >= 15 is 0 Å². The van der Waals surface area contributed by atoms with Crippen molar-refractivity contribution in [2.24, 2.45) is 0 Å². The summed E-state index contributed by atoms with van der Waals surface area (Å²) in [6, 6.07) is 1.63. The molecule has 0 spiro atoms. The second-order valence-corrected chi connectivity index (χ2v) is 5.74. The van der Waals surface area contributed by atoms with Gasteiger partial charge >= 0.3 is 6.09 Å². The van der Waals surface area contributed by atoms with Gasteiger partial charge in [-0.3, -0.25) is 5.32 Å². The van der Waals surface area contributed by atoms with Gasteiger partial charge in [-0.1, -0.05) is 23.2 Å². The fourth-order valence-electron chi connectivity index (χ4n) is 1.52. The molecule has 0 bridgehead atoms. The Balaban J connectivity index is 2.29. The number of hydrogen-bond donors (Lipinski definition) is 1. The van der Waals surface area contributed by atoms with Crippen LogP contribution < -0.4 is 5.32 Å². The number of pyridine rings is 1. The minimum atomic E-state index is -0.575. The molecule has 2 rings (SSSR count). The summed E-state index contributed by atoms with van der Waals surface area (Å²) in [6.07, 6.45) is 2.56. The molecule has 0 radical (unpaired) electrons. The molecule has 102 valence electrons. The van der Waals surface area contributed by atoms with Gasteiger partial charge in [0.25, 0.3) is 0 Å². The SMILES string of the molecule is CC(C)(C)OC(=O)Nc1ccn2ncc(Cl)c2c1Cl. The fraction of sp³-hybridized carbons (Fsp3) is 0.333. The lowest BCUT2D eigenvalue weighted by molar-refractivity contribution is 0.0636. The van der Waals surface area contributed by atoms with E-state index in [0.717, 1.165) is 0 Å². The largest absolute Gasteiger partial charge is 0.444 e. The zero-order valence-electron chi connectivity index (χ0n) is 10.7. The van der Waals surface area contributed by atoms with Crippen molar-refractivity contribution in [2.75, 3.05) is 5.32 Å². The number of nitrogens with one attached hydrogen (secondary N) is 1. The van der Waals surface area contributed by atoms with E-state index in [2.05, 4.69) is 10.4 Å². The molecule has 0 saturated carbocycles. The van der Waals surface area contributed by atoms with Gasteiger partial charge in [-0.05, 0) is 26.8 Å². The Morgan fingerprint density at radius 2 is 2.11 bits per heavy atom. The molecule has 0 unspecified atom stereocenters. The van der Waals surface area contributed by atoms with Crippen LogP contribution in [-0.2, 0) is 4.74 Å². The Labute approximate surface area is 120 Å². The van der Waals surface area contributed by atoms with Gasteiger partial charge in [0, 0.05) is 6.20 Å². The van der Waals surface area contributed by atoms with E-state index in [1.54, 1.807) is 33.0 Å². The van der Waals surface area contributed by atoms with Gasteiger partial charge in [0.2, 0.25) is 0 Å². The molecule has 0 aliphatic rings. The minimum absolute atomic E-state index is 0.316. The van der Waals surface area contributed by atoms with Crippen LogP contribution in [0.15, 0.2) is 18.5 Å². The number of fused-ring (bicyclic) bond motifs is 1. The first-order valence-electron chi connectivity index (χ1n) is 5.59. The first kappa shape index (κ1) is 14.0. The average Bonchev–Trinajstić information content (AvgIpc) is 2.62. The van der Waals surface area contributed by atoms with Gasteiger partial charge in [-0.25, -0.2) is 9.31 Å². The second kappa shape index (κ2) is 4.90. The van der Waals surface area contributed by atoms with Crippen LogP contribution in [0, 0.1) is 0 Å². The molecule has 0 aliphatic carbocycles. The van der Waals surface area contributed by atoms with Gasteiger partial charge < -0.3 is 4.74 Å². The molecule has 1 N–H and O–H groups in total. The number of carbonyl (C=O) groups excluding carboxylic acids is 1. The van der Waals surface area contributed by atoms with Crippen molar-refractivity contribution in [1.29, 1.82) is 0 Å². The number of nitrogens with zero attached hydrogens (tertiary/aromatic N) is 2. The monoisotopic (exact) mass is 301 g/mol. The van der Waals surface area contributed by atoms with Crippen molar-refractivity contribution in [1.82, 2.24) is 9.61 Å². The maximum absolute atomic E-state index is 11.7. The second-order valence-electron chi connectivity index (χ2n) is 4.96. The standard InChI is InChI=1S/C12H13Cl2N3O2/c1-12(2,3)19-11(18)16-8-4-5-17-10(9(8)14)7(13)6-15-17/h4-6H,1-3H3,(H,16,18). The highest BCUT2D eigenvalue weighted by atomic mass is 35.5. The molecule has 5 nitrogen and oxygen atoms in total. The average molecular weight is 302 g/mol. The number of anilines is 1. The van der Waals surface area contributed by atoms with Crippen molar-refractivity contribution >= 4 is 40.5 Å². The minimum Gasteiger partial charge on any atom is -0.444 e. The van der Waals surface area contributed by atoms with Gasteiger partial charge in [0.05, 0.1) is 21.9 Å². The lowest BCUT2D eigenvalue weighted by Gasteiger charge is -2.20. The number of rotatable bonds is 1. The first-order valence-corrected chi connectivity index (χ1v) is 6.35. The van der Waals surface area contributed by atoms with Crippen molar-refractivity contribution < 1.29 is 9.53 Å². The van der Waals surface area contributed by atoms with E-state index in [-0.39, 0.29) is 0 Å². The Bertz CT molecular complexity index is 632. The zero-order chi connectivity index (χ0) is 14.2. The van der Waals surface area contributed by atoms with Crippen LogP contribution >= 0.6 is 23.2 Å². The third-order valence-corrected chi connectivity index (χ3v) is 2.87. The summed E-state index contributed by atoms with van der Waals surface area (Å²) >= 11 is 12.2. The number of carbonyl (C=O) groups is 1. The smallest absolute Gasteiger partial charge is 0.412 e. The molecule has 7 heteroatoms. The summed E-state index contributed by atoms with van der Waals surface area (Å²) in [5.41, 5.74) is 0.386. The Morgan fingerprint density at radius 1 is 1.42 bits per heavy atom. The molecule has 2 aromatic rings.